The van der Waals surface area contributed by atoms with E-state index in [2.05, 4.69) is 20.9 Å². The first-order chi connectivity index (χ1) is 12.5. The lowest BCUT2D eigenvalue weighted by Gasteiger charge is -2.35. The monoisotopic (exact) mass is 368 g/mol. The Kier molecular flexibility index (Phi) is 7.49. The fraction of sp³-hybridized carbons (Fsp3) is 0.750. The van der Waals surface area contributed by atoms with E-state index in [1.54, 1.807) is 16.7 Å². The smallest absolute Gasteiger partial charge is 0.317 e. The molecule has 26 heavy (non-hydrogen) atoms. The predicted molar refractivity (Wildman–Crippen MR) is 95.9 cm³/mol. The topological polar surface area (TPSA) is 126 Å². The molecule has 10 heteroatoms. The van der Waals surface area contributed by atoms with Gasteiger partial charge in [0, 0.05) is 52.2 Å². The lowest BCUT2D eigenvalue weighted by Crippen LogP contribution is -2.53. The number of urea groups is 1. The number of carboxylic acid groups (broad SMARTS) is 1. The average molecular weight is 368 g/mol. The molecule has 2 heterocycles. The van der Waals surface area contributed by atoms with E-state index in [0.29, 0.717) is 39.1 Å². The molecule has 2 aliphatic rings. The normalized spacial score (nSPS) is 18.0. The summed E-state index contributed by atoms with van der Waals surface area (Å²) in [4.78, 5) is 42.6. The van der Waals surface area contributed by atoms with E-state index in [-0.39, 0.29) is 18.5 Å². The third-order valence-electron chi connectivity index (χ3n) is 4.43. The Morgan fingerprint density at radius 2 is 1.92 bits per heavy atom. The number of amides is 3. The number of nitrogens with zero attached hydrogens (tertiary/aromatic N) is 3. The van der Waals surface area contributed by atoms with Gasteiger partial charge in [-0.25, -0.2) is 4.79 Å². The number of carbonyl (C=O) groups is 3. The highest BCUT2D eigenvalue weighted by atomic mass is 16.4. The molecule has 1 atom stereocenters. The van der Waals surface area contributed by atoms with Gasteiger partial charge in [0.2, 0.25) is 5.91 Å². The van der Waals surface area contributed by atoms with Crippen molar-refractivity contribution in [1.29, 1.82) is 0 Å². The summed E-state index contributed by atoms with van der Waals surface area (Å²) in [7, 11) is 0. The SMILES string of the molecule is CC(CNC(=O)N1CCN(C(=O)CCCNC2=NCCN2)CC1)C(=O)O. The summed E-state index contributed by atoms with van der Waals surface area (Å²) in [6.07, 6.45) is 1.19. The van der Waals surface area contributed by atoms with E-state index in [0.717, 1.165) is 25.5 Å². The van der Waals surface area contributed by atoms with Crippen molar-refractivity contribution >= 4 is 23.9 Å². The highest BCUT2D eigenvalue weighted by Crippen LogP contribution is 2.06. The van der Waals surface area contributed by atoms with E-state index in [4.69, 9.17) is 5.11 Å². The Balaban J connectivity index is 1.60. The first-order valence-corrected chi connectivity index (χ1v) is 9.03. The summed E-state index contributed by atoms with van der Waals surface area (Å²) in [5, 5.41) is 17.7. The Labute approximate surface area is 153 Å². The van der Waals surface area contributed by atoms with Gasteiger partial charge < -0.3 is 30.9 Å². The molecule has 0 bridgehead atoms. The molecule has 1 saturated heterocycles. The van der Waals surface area contributed by atoms with E-state index in [1.807, 2.05) is 0 Å². The minimum Gasteiger partial charge on any atom is -0.481 e. The van der Waals surface area contributed by atoms with E-state index in [1.165, 1.54) is 0 Å². The molecule has 146 valence electrons. The number of aliphatic carboxylic acids is 1. The van der Waals surface area contributed by atoms with Gasteiger partial charge >= 0.3 is 12.0 Å². The fourth-order valence-corrected chi connectivity index (χ4v) is 2.72. The molecule has 1 unspecified atom stereocenters. The second-order valence-corrected chi connectivity index (χ2v) is 6.48. The fourth-order valence-electron chi connectivity index (χ4n) is 2.72. The van der Waals surface area contributed by atoms with Crippen LogP contribution < -0.4 is 16.0 Å². The van der Waals surface area contributed by atoms with Crippen LogP contribution in [0.4, 0.5) is 4.79 Å². The molecule has 0 aromatic carbocycles. The molecular formula is C16H28N6O4. The molecule has 2 rings (SSSR count). The van der Waals surface area contributed by atoms with Crippen LogP contribution in [-0.4, -0.2) is 91.1 Å². The van der Waals surface area contributed by atoms with Crippen LogP contribution in [0.25, 0.3) is 0 Å². The van der Waals surface area contributed by atoms with Crippen LogP contribution in [0.5, 0.6) is 0 Å². The van der Waals surface area contributed by atoms with E-state index >= 15 is 0 Å². The molecular weight excluding hydrogens is 340 g/mol. The Morgan fingerprint density at radius 1 is 1.23 bits per heavy atom. The van der Waals surface area contributed by atoms with Crippen LogP contribution in [0.3, 0.4) is 0 Å². The maximum Gasteiger partial charge on any atom is 0.317 e. The highest BCUT2D eigenvalue weighted by Gasteiger charge is 2.24. The number of carbonyl (C=O) groups excluding carboxylic acids is 2. The Bertz CT molecular complexity index is 545. The molecule has 0 aliphatic carbocycles. The van der Waals surface area contributed by atoms with Crippen LogP contribution in [0, 0.1) is 5.92 Å². The number of piperazine rings is 1. The zero-order valence-electron chi connectivity index (χ0n) is 15.2. The van der Waals surface area contributed by atoms with Gasteiger partial charge in [-0.3, -0.25) is 14.6 Å². The second-order valence-electron chi connectivity index (χ2n) is 6.48. The van der Waals surface area contributed by atoms with Crippen LogP contribution in [0.15, 0.2) is 4.99 Å². The molecule has 10 nitrogen and oxygen atoms in total. The van der Waals surface area contributed by atoms with Crippen molar-refractivity contribution in [3.8, 4) is 0 Å². The molecule has 0 spiro atoms. The Hall–Kier alpha value is -2.52. The van der Waals surface area contributed by atoms with Gasteiger partial charge in [0.1, 0.15) is 0 Å². The van der Waals surface area contributed by atoms with Crippen LogP contribution >= 0.6 is 0 Å². The average Bonchev–Trinajstić information content (AvgIpc) is 3.16. The summed E-state index contributed by atoms with van der Waals surface area (Å²) in [6, 6.07) is -0.278. The number of carboxylic acids is 1. The number of nitrogens with one attached hydrogen (secondary N) is 3. The number of hydrogen-bond acceptors (Lipinski definition) is 6. The maximum atomic E-state index is 12.2. The second kappa shape index (κ2) is 9.83. The first kappa shape index (κ1) is 19.8. The summed E-state index contributed by atoms with van der Waals surface area (Å²) in [5.41, 5.74) is 0. The third-order valence-corrected chi connectivity index (χ3v) is 4.43. The highest BCUT2D eigenvalue weighted by molar-refractivity contribution is 5.81. The van der Waals surface area contributed by atoms with Crippen molar-refractivity contribution in [1.82, 2.24) is 25.8 Å². The van der Waals surface area contributed by atoms with Crippen molar-refractivity contribution in [2.75, 3.05) is 52.4 Å². The van der Waals surface area contributed by atoms with Gasteiger partial charge in [-0.05, 0) is 6.42 Å². The Morgan fingerprint density at radius 3 is 2.54 bits per heavy atom. The van der Waals surface area contributed by atoms with Gasteiger partial charge in [-0.15, -0.1) is 0 Å². The van der Waals surface area contributed by atoms with Gasteiger partial charge in [-0.1, -0.05) is 6.92 Å². The zero-order chi connectivity index (χ0) is 18.9. The molecule has 1 fully saturated rings. The number of guanidine groups is 1. The predicted octanol–water partition coefficient (Wildman–Crippen LogP) is -1.11. The first-order valence-electron chi connectivity index (χ1n) is 9.03. The molecule has 0 aromatic heterocycles. The lowest BCUT2D eigenvalue weighted by molar-refractivity contribution is -0.141. The summed E-state index contributed by atoms with van der Waals surface area (Å²) in [6.45, 7) is 5.90. The largest absolute Gasteiger partial charge is 0.481 e. The van der Waals surface area contributed by atoms with Gasteiger partial charge in [-0.2, -0.15) is 0 Å². The molecule has 2 aliphatic heterocycles. The van der Waals surface area contributed by atoms with Gasteiger partial charge in [0.05, 0.1) is 12.5 Å². The van der Waals surface area contributed by atoms with E-state index < -0.39 is 11.9 Å². The lowest BCUT2D eigenvalue weighted by atomic mass is 10.2. The van der Waals surface area contributed by atoms with Gasteiger partial charge in [0.25, 0.3) is 0 Å². The maximum absolute atomic E-state index is 12.2. The minimum absolute atomic E-state index is 0.0904. The number of aliphatic imine (C=N–C) groups is 1. The molecule has 3 amide bonds. The summed E-state index contributed by atoms with van der Waals surface area (Å²) >= 11 is 0. The minimum atomic E-state index is -0.939. The van der Waals surface area contributed by atoms with Crippen molar-refractivity contribution in [2.24, 2.45) is 10.9 Å². The van der Waals surface area contributed by atoms with E-state index in [9.17, 15) is 14.4 Å². The van der Waals surface area contributed by atoms with Gasteiger partial charge in [0.15, 0.2) is 5.96 Å². The third kappa shape index (κ3) is 6.08. The quantitative estimate of drug-likeness (QED) is 0.422. The summed E-state index contributed by atoms with van der Waals surface area (Å²) in [5.74, 6) is -0.672. The molecule has 0 aromatic rings. The van der Waals surface area contributed by atoms with Crippen molar-refractivity contribution in [3.63, 3.8) is 0 Å². The van der Waals surface area contributed by atoms with Crippen LogP contribution in [-0.2, 0) is 9.59 Å². The zero-order valence-corrected chi connectivity index (χ0v) is 15.2. The summed E-state index contributed by atoms with van der Waals surface area (Å²) < 4.78 is 0. The number of rotatable bonds is 7. The van der Waals surface area contributed by atoms with Crippen molar-refractivity contribution in [3.05, 3.63) is 0 Å². The van der Waals surface area contributed by atoms with Crippen LogP contribution in [0.1, 0.15) is 19.8 Å². The molecule has 0 radical (unpaired) electrons. The number of hydrogen-bond donors (Lipinski definition) is 4. The van der Waals surface area contributed by atoms with Crippen molar-refractivity contribution < 1.29 is 19.5 Å². The molecule has 0 saturated carbocycles. The standard InChI is InChI=1S/C16H28N6O4/c1-12(14(24)25)11-20-16(26)22-9-7-21(8-10-22)13(23)3-2-4-17-15-18-5-6-19-15/h12H,2-11H2,1H3,(H,20,26)(H,24,25)(H2,17,18,19). The molecule has 4 N–H and O–H groups in total. The van der Waals surface area contributed by atoms with Crippen molar-refractivity contribution in [2.45, 2.75) is 19.8 Å². The van der Waals surface area contributed by atoms with Crippen LogP contribution in [0.2, 0.25) is 0 Å².